The van der Waals surface area contributed by atoms with Gasteiger partial charge in [0.15, 0.2) is 0 Å². The van der Waals surface area contributed by atoms with Gasteiger partial charge < -0.3 is 10.6 Å². The van der Waals surface area contributed by atoms with E-state index in [1.54, 1.807) is 0 Å². The Labute approximate surface area is 122 Å². The molecule has 1 heterocycles. The highest BCUT2D eigenvalue weighted by molar-refractivity contribution is 5.80. The minimum Gasteiger partial charge on any atom is -0.349 e. The van der Waals surface area contributed by atoms with Gasteiger partial charge in [0.2, 0.25) is 5.91 Å². The third-order valence-corrected chi connectivity index (χ3v) is 4.08. The number of carbonyl (C=O) groups is 1. The van der Waals surface area contributed by atoms with Crippen LogP contribution in [0.1, 0.15) is 38.8 Å². The van der Waals surface area contributed by atoms with Crippen LogP contribution in [0.5, 0.6) is 0 Å². The Morgan fingerprint density at radius 2 is 2.00 bits per heavy atom. The predicted molar refractivity (Wildman–Crippen MR) is 82.3 cm³/mol. The quantitative estimate of drug-likeness (QED) is 0.867. The largest absolute Gasteiger partial charge is 0.349 e. The fourth-order valence-electron chi connectivity index (χ4n) is 2.87. The van der Waals surface area contributed by atoms with Crippen molar-refractivity contribution in [1.82, 2.24) is 10.6 Å². The van der Waals surface area contributed by atoms with Crippen molar-refractivity contribution < 1.29 is 4.79 Å². The fraction of sp³-hybridized carbons (Fsp3) is 0.588. The van der Waals surface area contributed by atoms with Gasteiger partial charge in [-0.3, -0.25) is 4.79 Å². The Kier molecular flexibility index (Phi) is 5.18. The van der Waals surface area contributed by atoms with Crippen LogP contribution < -0.4 is 10.6 Å². The van der Waals surface area contributed by atoms with E-state index in [1.807, 2.05) is 18.2 Å². The van der Waals surface area contributed by atoms with Gasteiger partial charge in [0.25, 0.3) is 0 Å². The van der Waals surface area contributed by atoms with Crippen LogP contribution in [0, 0.1) is 17.8 Å². The topological polar surface area (TPSA) is 41.1 Å². The molecule has 1 aromatic rings. The lowest BCUT2D eigenvalue weighted by Gasteiger charge is -2.24. The third-order valence-electron chi connectivity index (χ3n) is 4.08. The minimum absolute atomic E-state index is 0.105. The van der Waals surface area contributed by atoms with Gasteiger partial charge in [-0.25, -0.2) is 0 Å². The van der Waals surface area contributed by atoms with E-state index >= 15 is 0 Å². The first-order chi connectivity index (χ1) is 9.58. The van der Waals surface area contributed by atoms with E-state index in [1.165, 1.54) is 5.56 Å². The summed E-state index contributed by atoms with van der Waals surface area (Å²) >= 11 is 0. The van der Waals surface area contributed by atoms with Gasteiger partial charge in [-0.15, -0.1) is 0 Å². The average molecular weight is 274 g/mol. The number of hydrogen-bond acceptors (Lipinski definition) is 2. The van der Waals surface area contributed by atoms with Crippen molar-refractivity contribution in [3.8, 4) is 0 Å². The second kappa shape index (κ2) is 6.89. The van der Waals surface area contributed by atoms with Gasteiger partial charge >= 0.3 is 0 Å². The minimum atomic E-state index is 0.105. The van der Waals surface area contributed by atoms with Crippen molar-refractivity contribution in [3.05, 3.63) is 35.9 Å². The number of nitrogens with one attached hydrogen (secondary N) is 2. The number of rotatable bonds is 5. The smallest absolute Gasteiger partial charge is 0.225 e. The van der Waals surface area contributed by atoms with Crippen LogP contribution in [-0.4, -0.2) is 19.0 Å². The van der Waals surface area contributed by atoms with E-state index in [2.05, 4.69) is 43.5 Å². The molecule has 3 heteroatoms. The first-order valence-electron chi connectivity index (χ1n) is 7.64. The lowest BCUT2D eigenvalue weighted by Crippen LogP contribution is -2.37. The molecule has 1 aliphatic rings. The van der Waals surface area contributed by atoms with Crippen molar-refractivity contribution in [1.29, 1.82) is 0 Å². The normalized spacial score (nSPS) is 23.8. The molecule has 2 rings (SSSR count). The van der Waals surface area contributed by atoms with Crippen molar-refractivity contribution >= 4 is 5.91 Å². The summed E-state index contributed by atoms with van der Waals surface area (Å²) in [4.78, 5) is 12.5. The summed E-state index contributed by atoms with van der Waals surface area (Å²) < 4.78 is 0. The lowest BCUT2D eigenvalue weighted by atomic mass is 9.93. The monoisotopic (exact) mass is 274 g/mol. The molecule has 0 bridgehead atoms. The molecular weight excluding hydrogens is 248 g/mol. The summed E-state index contributed by atoms with van der Waals surface area (Å²) in [6.45, 7) is 8.28. The van der Waals surface area contributed by atoms with Crippen molar-refractivity contribution in [2.45, 2.75) is 33.2 Å². The fourth-order valence-corrected chi connectivity index (χ4v) is 2.87. The molecule has 1 aliphatic heterocycles. The Morgan fingerprint density at radius 1 is 1.30 bits per heavy atom. The van der Waals surface area contributed by atoms with Gasteiger partial charge in [0.05, 0.1) is 12.0 Å². The van der Waals surface area contributed by atoms with Crippen LogP contribution in [0.25, 0.3) is 0 Å². The Bertz CT molecular complexity index is 430. The summed E-state index contributed by atoms with van der Waals surface area (Å²) in [6, 6.07) is 10.4. The molecule has 1 amide bonds. The Morgan fingerprint density at radius 3 is 2.55 bits per heavy atom. The average Bonchev–Trinajstić information content (AvgIpc) is 2.85. The van der Waals surface area contributed by atoms with Gasteiger partial charge in [-0.1, -0.05) is 51.1 Å². The SMILES string of the molecule is CC(C)CC(NC(=O)[C@@H]1CNC[C@H]1C)c1ccccc1. The molecule has 1 fully saturated rings. The molecule has 0 radical (unpaired) electrons. The first kappa shape index (κ1) is 15.0. The van der Waals surface area contributed by atoms with Gasteiger partial charge in [-0.05, 0) is 30.4 Å². The van der Waals surface area contributed by atoms with E-state index in [0.29, 0.717) is 11.8 Å². The Hall–Kier alpha value is -1.35. The molecule has 1 saturated heterocycles. The second-order valence-corrected chi connectivity index (χ2v) is 6.34. The van der Waals surface area contributed by atoms with Crippen LogP contribution in [-0.2, 0) is 4.79 Å². The Balaban J connectivity index is 2.06. The maximum atomic E-state index is 12.5. The molecule has 1 aromatic carbocycles. The van der Waals surface area contributed by atoms with E-state index < -0.39 is 0 Å². The third kappa shape index (κ3) is 3.83. The molecule has 0 aromatic heterocycles. The molecule has 1 unspecified atom stereocenters. The first-order valence-corrected chi connectivity index (χ1v) is 7.64. The summed E-state index contributed by atoms with van der Waals surface area (Å²) in [5.74, 6) is 1.27. The van der Waals surface area contributed by atoms with Crippen molar-refractivity contribution in [3.63, 3.8) is 0 Å². The number of hydrogen-bond donors (Lipinski definition) is 2. The van der Waals surface area contributed by atoms with E-state index in [9.17, 15) is 4.79 Å². The summed E-state index contributed by atoms with van der Waals surface area (Å²) in [5, 5.41) is 6.55. The summed E-state index contributed by atoms with van der Waals surface area (Å²) in [6.07, 6.45) is 0.976. The van der Waals surface area contributed by atoms with Gasteiger partial charge in [-0.2, -0.15) is 0 Å². The van der Waals surface area contributed by atoms with Gasteiger partial charge in [0.1, 0.15) is 0 Å². The number of benzene rings is 1. The molecule has 0 saturated carbocycles. The summed E-state index contributed by atoms with van der Waals surface area (Å²) in [5.41, 5.74) is 1.20. The maximum absolute atomic E-state index is 12.5. The highest BCUT2D eigenvalue weighted by Crippen LogP contribution is 2.23. The van der Waals surface area contributed by atoms with Crippen molar-refractivity contribution in [2.75, 3.05) is 13.1 Å². The second-order valence-electron chi connectivity index (χ2n) is 6.34. The van der Waals surface area contributed by atoms with Crippen molar-refractivity contribution in [2.24, 2.45) is 17.8 Å². The van der Waals surface area contributed by atoms with Gasteiger partial charge in [0, 0.05) is 6.54 Å². The zero-order valence-electron chi connectivity index (χ0n) is 12.7. The van der Waals surface area contributed by atoms with E-state index in [0.717, 1.165) is 19.5 Å². The van der Waals surface area contributed by atoms with E-state index in [-0.39, 0.29) is 17.9 Å². The zero-order chi connectivity index (χ0) is 14.5. The summed E-state index contributed by atoms with van der Waals surface area (Å²) in [7, 11) is 0. The van der Waals surface area contributed by atoms with Crippen LogP contribution in [0.4, 0.5) is 0 Å². The van der Waals surface area contributed by atoms with E-state index in [4.69, 9.17) is 0 Å². The molecule has 110 valence electrons. The molecule has 2 N–H and O–H groups in total. The van der Waals surface area contributed by atoms with Crippen LogP contribution >= 0.6 is 0 Å². The molecule has 20 heavy (non-hydrogen) atoms. The van der Waals surface area contributed by atoms with Crippen LogP contribution in [0.2, 0.25) is 0 Å². The highest BCUT2D eigenvalue weighted by atomic mass is 16.2. The number of amides is 1. The molecule has 3 nitrogen and oxygen atoms in total. The molecular formula is C17H26N2O. The predicted octanol–water partition coefficient (Wildman–Crippen LogP) is 2.75. The molecule has 0 aliphatic carbocycles. The molecule has 0 spiro atoms. The standard InChI is InChI=1S/C17H26N2O/c1-12(2)9-16(14-7-5-4-6-8-14)19-17(20)15-11-18-10-13(15)3/h4-8,12-13,15-16,18H,9-11H2,1-3H3,(H,19,20)/t13-,15-,16?/m1/s1. The zero-order valence-corrected chi connectivity index (χ0v) is 12.7. The maximum Gasteiger partial charge on any atom is 0.225 e. The highest BCUT2D eigenvalue weighted by Gasteiger charge is 2.31. The molecule has 3 atom stereocenters. The van der Waals surface area contributed by atoms with Crippen LogP contribution in [0.15, 0.2) is 30.3 Å². The lowest BCUT2D eigenvalue weighted by molar-refractivity contribution is -0.126. The number of carbonyl (C=O) groups excluding carboxylic acids is 1. The van der Waals surface area contributed by atoms with Crippen LogP contribution in [0.3, 0.4) is 0 Å².